The molecule has 0 fully saturated rings. The molecule has 0 aliphatic rings. The van der Waals surface area contributed by atoms with Crippen LogP contribution in [0.25, 0.3) is 11.0 Å². The van der Waals surface area contributed by atoms with E-state index in [2.05, 4.69) is 22.6 Å². The van der Waals surface area contributed by atoms with Crippen LogP contribution in [0.5, 0.6) is 0 Å². The third kappa shape index (κ3) is 1.07. The fourth-order valence-corrected chi connectivity index (χ4v) is 1.87. The van der Waals surface area contributed by atoms with E-state index in [1.807, 2.05) is 18.2 Å². The average Bonchev–Trinajstić information content (AvgIpc) is 2.46. The molecule has 0 spiro atoms. The van der Waals surface area contributed by atoms with Gasteiger partial charge in [-0.3, -0.25) is 0 Å². The first kappa shape index (κ1) is 6.61. The summed E-state index contributed by atoms with van der Waals surface area (Å²) in [7, 11) is -0.135. The maximum Gasteiger partial charge on any atom is 0.0970 e. The van der Waals surface area contributed by atoms with Gasteiger partial charge in [-0.15, -0.1) is 0 Å². The Bertz CT molecular complexity index is 334. The number of benzene rings is 1. The number of imidazole rings is 1. The van der Waals surface area contributed by atoms with Crippen LogP contribution in [0.2, 0.25) is 6.55 Å². The lowest BCUT2D eigenvalue weighted by Crippen LogP contribution is -2.14. The fourth-order valence-electron chi connectivity index (χ4n) is 1.17. The molecule has 2 nitrogen and oxygen atoms in total. The number of nitrogens with zero attached hydrogens (tertiary/aromatic N) is 1. The van der Waals surface area contributed by atoms with Crippen molar-refractivity contribution in [3.05, 3.63) is 24.3 Å². The molecule has 0 aliphatic carbocycles. The Kier molecular flexibility index (Phi) is 1.51. The third-order valence-electron chi connectivity index (χ3n) is 1.77. The Hall–Kier alpha value is -1.09. The van der Waals surface area contributed by atoms with E-state index in [0.29, 0.717) is 0 Å². The van der Waals surface area contributed by atoms with Crippen LogP contribution in [0.3, 0.4) is 0 Å². The molecule has 0 amide bonds. The second kappa shape index (κ2) is 2.51. The molecule has 0 atom stereocenters. The van der Waals surface area contributed by atoms with E-state index in [-0.39, 0.29) is 9.52 Å². The van der Waals surface area contributed by atoms with Gasteiger partial charge in [-0.05, 0) is 12.1 Å². The molecule has 11 heavy (non-hydrogen) atoms. The topological polar surface area (TPSA) is 28.7 Å². The molecule has 0 bridgehead atoms. The molecule has 1 aromatic carbocycles. The normalized spacial score (nSPS) is 11.7. The quantitative estimate of drug-likeness (QED) is 0.604. The van der Waals surface area contributed by atoms with Crippen LogP contribution < -0.4 is 5.45 Å². The van der Waals surface area contributed by atoms with E-state index >= 15 is 0 Å². The summed E-state index contributed by atoms with van der Waals surface area (Å²) < 4.78 is 0. The Morgan fingerprint density at radius 3 is 2.91 bits per heavy atom. The molecule has 0 saturated carbocycles. The Morgan fingerprint density at radius 1 is 1.36 bits per heavy atom. The molecule has 1 heterocycles. The van der Waals surface area contributed by atoms with Crippen molar-refractivity contribution < 1.29 is 0 Å². The van der Waals surface area contributed by atoms with Crippen LogP contribution in [0, 0.1) is 0 Å². The smallest absolute Gasteiger partial charge is 0.0970 e. The monoisotopic (exact) mass is 162 g/mol. The van der Waals surface area contributed by atoms with Crippen LogP contribution in [-0.2, 0) is 0 Å². The summed E-state index contributed by atoms with van der Waals surface area (Å²) in [6.45, 7) is 2.23. The minimum absolute atomic E-state index is 0.135. The lowest BCUT2D eigenvalue weighted by atomic mass is 10.3. The molecular weight excluding hydrogens is 152 g/mol. The van der Waals surface area contributed by atoms with Gasteiger partial charge in [0.05, 0.1) is 26.0 Å². The molecule has 2 aromatic rings. The summed E-state index contributed by atoms with van der Waals surface area (Å²) in [5.74, 6) is 0. The highest BCUT2D eigenvalue weighted by Crippen LogP contribution is 2.04. The lowest BCUT2D eigenvalue weighted by molar-refractivity contribution is 1.43. The molecule has 3 heteroatoms. The summed E-state index contributed by atoms with van der Waals surface area (Å²) in [6.07, 6.45) is 0. The van der Waals surface area contributed by atoms with Gasteiger partial charge in [0, 0.05) is 0 Å². The van der Waals surface area contributed by atoms with Gasteiger partial charge in [-0.2, -0.15) is 0 Å². The number of aromatic nitrogens is 2. The van der Waals surface area contributed by atoms with Gasteiger partial charge in [-0.1, -0.05) is 18.7 Å². The Balaban J connectivity index is 2.69. The first-order valence-electron chi connectivity index (χ1n) is 3.84. The van der Waals surface area contributed by atoms with Crippen LogP contribution in [0.1, 0.15) is 0 Å². The number of aromatic amines is 1. The highest BCUT2D eigenvalue weighted by atomic mass is 28.2. The van der Waals surface area contributed by atoms with E-state index in [0.717, 1.165) is 11.0 Å². The second-order valence-electron chi connectivity index (χ2n) is 2.55. The molecule has 1 N–H and O–H groups in total. The average molecular weight is 162 g/mol. The minimum Gasteiger partial charge on any atom is -0.347 e. The lowest BCUT2D eigenvalue weighted by Gasteiger charge is -1.82. The fraction of sp³-hybridized carbons (Fsp3) is 0.125. The van der Waals surface area contributed by atoms with Crippen molar-refractivity contribution in [1.82, 2.24) is 9.97 Å². The summed E-state index contributed by atoms with van der Waals surface area (Å²) in [6, 6.07) is 8.15. The van der Waals surface area contributed by atoms with E-state index < -0.39 is 0 Å². The highest BCUT2D eigenvalue weighted by molar-refractivity contribution is 6.50. The zero-order valence-electron chi connectivity index (χ0n) is 6.46. The molecular formula is C8H10N2Si. The first-order valence-corrected chi connectivity index (χ1v) is 5.96. The standard InChI is InChI=1S/C8H10N2Si/c1-11-8-9-6-4-2-3-5-7(6)10-8/h2-5H,11H2,1H3,(H,9,10). The van der Waals surface area contributed by atoms with E-state index in [4.69, 9.17) is 0 Å². The van der Waals surface area contributed by atoms with Gasteiger partial charge in [0.15, 0.2) is 0 Å². The predicted octanol–water partition coefficient (Wildman–Crippen LogP) is 0.405. The maximum atomic E-state index is 4.44. The molecule has 1 aromatic heterocycles. The van der Waals surface area contributed by atoms with Gasteiger partial charge in [-0.25, -0.2) is 4.98 Å². The minimum atomic E-state index is -0.135. The zero-order valence-corrected chi connectivity index (χ0v) is 7.88. The number of H-pyrrole nitrogens is 1. The van der Waals surface area contributed by atoms with Gasteiger partial charge >= 0.3 is 0 Å². The van der Waals surface area contributed by atoms with Crippen molar-refractivity contribution >= 4 is 26.0 Å². The maximum absolute atomic E-state index is 4.44. The molecule has 0 unspecified atom stereocenters. The second-order valence-corrected chi connectivity index (χ2v) is 3.93. The summed E-state index contributed by atoms with van der Waals surface area (Å²) in [4.78, 5) is 7.73. The Labute approximate surface area is 67.5 Å². The first-order chi connectivity index (χ1) is 5.40. The number of nitrogens with one attached hydrogen (secondary N) is 1. The molecule has 56 valence electrons. The van der Waals surface area contributed by atoms with Gasteiger partial charge in [0.2, 0.25) is 0 Å². The summed E-state index contributed by atoms with van der Waals surface area (Å²) in [5.41, 5.74) is 3.46. The molecule has 0 aliphatic heterocycles. The van der Waals surface area contributed by atoms with E-state index in [9.17, 15) is 0 Å². The van der Waals surface area contributed by atoms with Crippen molar-refractivity contribution in [1.29, 1.82) is 0 Å². The number of hydrogen-bond acceptors (Lipinski definition) is 1. The highest BCUT2D eigenvalue weighted by Gasteiger charge is 1.97. The van der Waals surface area contributed by atoms with Gasteiger partial charge < -0.3 is 4.98 Å². The molecule has 0 radical (unpaired) electrons. The van der Waals surface area contributed by atoms with E-state index in [1.165, 1.54) is 5.45 Å². The van der Waals surface area contributed by atoms with Crippen LogP contribution in [-0.4, -0.2) is 19.5 Å². The summed E-state index contributed by atoms with van der Waals surface area (Å²) >= 11 is 0. The van der Waals surface area contributed by atoms with Crippen molar-refractivity contribution in [3.8, 4) is 0 Å². The van der Waals surface area contributed by atoms with Gasteiger partial charge in [0.25, 0.3) is 0 Å². The molecule has 2 rings (SSSR count). The molecule has 0 saturated heterocycles. The van der Waals surface area contributed by atoms with Gasteiger partial charge in [0.1, 0.15) is 0 Å². The van der Waals surface area contributed by atoms with E-state index in [1.54, 1.807) is 0 Å². The van der Waals surface area contributed by atoms with Crippen molar-refractivity contribution in [2.24, 2.45) is 0 Å². The number of para-hydroxylation sites is 2. The van der Waals surface area contributed by atoms with Crippen LogP contribution in [0.4, 0.5) is 0 Å². The van der Waals surface area contributed by atoms with Crippen molar-refractivity contribution in [3.63, 3.8) is 0 Å². The summed E-state index contributed by atoms with van der Waals surface area (Å²) in [5, 5.41) is 0. The third-order valence-corrected chi connectivity index (χ3v) is 2.78. The SMILES string of the molecule is C[SiH2]c1nc2ccccc2[nH]1. The largest absolute Gasteiger partial charge is 0.347 e. The number of rotatable bonds is 1. The van der Waals surface area contributed by atoms with Crippen LogP contribution >= 0.6 is 0 Å². The van der Waals surface area contributed by atoms with Crippen LogP contribution in [0.15, 0.2) is 24.3 Å². The van der Waals surface area contributed by atoms with Crippen molar-refractivity contribution in [2.45, 2.75) is 6.55 Å². The number of fused-ring (bicyclic) bond motifs is 1. The number of hydrogen-bond donors (Lipinski definition) is 1. The predicted molar refractivity (Wildman–Crippen MR) is 50.1 cm³/mol. The van der Waals surface area contributed by atoms with Crippen molar-refractivity contribution in [2.75, 3.05) is 0 Å². The zero-order chi connectivity index (χ0) is 7.68. The Morgan fingerprint density at radius 2 is 2.18 bits per heavy atom.